The predicted molar refractivity (Wildman–Crippen MR) is 84.4 cm³/mol. The van der Waals surface area contributed by atoms with Gasteiger partial charge in [-0.05, 0) is 25.2 Å². The molecular weight excluding hydrogens is 324 g/mol. The summed E-state index contributed by atoms with van der Waals surface area (Å²) in [6, 6.07) is 7.68. The van der Waals surface area contributed by atoms with Crippen LogP contribution in [0.15, 0.2) is 34.7 Å². The summed E-state index contributed by atoms with van der Waals surface area (Å²) in [4.78, 5) is 22.6. The fourth-order valence-corrected chi connectivity index (χ4v) is 2.32. The second-order valence-electron chi connectivity index (χ2n) is 5.07. The van der Waals surface area contributed by atoms with Gasteiger partial charge in [-0.15, -0.1) is 0 Å². The molecule has 0 spiro atoms. The molecule has 2 aromatic rings. The monoisotopic (exact) mass is 338 g/mol. The number of non-ortho nitro benzene ring substituents is 1. The molecule has 1 aromatic carbocycles. The number of benzene rings is 1. The maximum Gasteiger partial charge on any atom is 0.304 e. The van der Waals surface area contributed by atoms with E-state index in [1.165, 1.54) is 18.2 Å². The normalized spacial score (nSPS) is 10.9. The minimum absolute atomic E-state index is 0.0538. The van der Waals surface area contributed by atoms with E-state index in [9.17, 15) is 14.9 Å². The van der Waals surface area contributed by atoms with Gasteiger partial charge < -0.3 is 9.52 Å². The summed E-state index contributed by atoms with van der Waals surface area (Å²) in [5.41, 5.74) is 0.482. The van der Waals surface area contributed by atoms with Crippen molar-refractivity contribution in [2.24, 2.45) is 0 Å². The number of hydrogen-bond donors (Lipinski definition) is 1. The highest BCUT2D eigenvalue weighted by atomic mass is 35.5. The maximum atomic E-state index is 10.7. The van der Waals surface area contributed by atoms with Crippen LogP contribution in [-0.2, 0) is 11.3 Å². The molecule has 8 heteroatoms. The number of nitrogens with zero attached hydrogens (tertiary/aromatic N) is 2. The standard InChI is InChI=1S/C15H15ClN2O5/c1-17(7-6-15(19)20)9-11-3-5-14(23-11)12-4-2-10(18(21)22)8-13(12)16/h2-5,8H,6-7,9H2,1H3,(H,19,20). The number of halogens is 1. The number of nitro benzene ring substituents is 1. The van der Waals surface area contributed by atoms with E-state index >= 15 is 0 Å². The van der Waals surface area contributed by atoms with Crippen LogP contribution in [0.5, 0.6) is 0 Å². The molecule has 0 saturated heterocycles. The Labute approximate surface area is 137 Å². The average molecular weight is 339 g/mol. The van der Waals surface area contributed by atoms with E-state index in [0.717, 1.165) is 0 Å². The van der Waals surface area contributed by atoms with E-state index in [4.69, 9.17) is 21.1 Å². The molecule has 0 aliphatic carbocycles. The van der Waals surface area contributed by atoms with E-state index in [-0.39, 0.29) is 17.1 Å². The lowest BCUT2D eigenvalue weighted by molar-refractivity contribution is -0.384. The van der Waals surface area contributed by atoms with Gasteiger partial charge in [0, 0.05) is 24.2 Å². The largest absolute Gasteiger partial charge is 0.481 e. The van der Waals surface area contributed by atoms with E-state index in [0.29, 0.717) is 30.2 Å². The van der Waals surface area contributed by atoms with Gasteiger partial charge in [0.2, 0.25) is 0 Å². The molecule has 1 N–H and O–H groups in total. The van der Waals surface area contributed by atoms with Crippen molar-refractivity contribution in [3.8, 4) is 11.3 Å². The highest BCUT2D eigenvalue weighted by molar-refractivity contribution is 6.33. The van der Waals surface area contributed by atoms with Gasteiger partial charge in [-0.1, -0.05) is 11.6 Å². The maximum absolute atomic E-state index is 10.7. The minimum atomic E-state index is -0.852. The molecule has 0 fully saturated rings. The van der Waals surface area contributed by atoms with Crippen LogP contribution in [0.2, 0.25) is 5.02 Å². The zero-order valence-corrected chi connectivity index (χ0v) is 13.1. The molecule has 7 nitrogen and oxygen atoms in total. The Kier molecular flexibility index (Phi) is 5.36. The Hall–Kier alpha value is -2.38. The first kappa shape index (κ1) is 17.0. The number of aliphatic carboxylic acids is 1. The number of furan rings is 1. The van der Waals surface area contributed by atoms with Gasteiger partial charge in [0.15, 0.2) is 0 Å². The van der Waals surface area contributed by atoms with Gasteiger partial charge in [-0.3, -0.25) is 19.8 Å². The third kappa shape index (κ3) is 4.54. The number of hydrogen-bond acceptors (Lipinski definition) is 5. The molecule has 1 heterocycles. The second kappa shape index (κ2) is 7.26. The second-order valence-corrected chi connectivity index (χ2v) is 5.48. The number of carboxylic acids is 1. The molecule has 23 heavy (non-hydrogen) atoms. The zero-order chi connectivity index (χ0) is 17.0. The molecule has 0 atom stereocenters. The Morgan fingerprint density at radius 3 is 2.74 bits per heavy atom. The lowest BCUT2D eigenvalue weighted by Crippen LogP contribution is -2.20. The minimum Gasteiger partial charge on any atom is -0.481 e. The van der Waals surface area contributed by atoms with Gasteiger partial charge >= 0.3 is 5.97 Å². The topological polar surface area (TPSA) is 96.8 Å². The van der Waals surface area contributed by atoms with Crippen LogP contribution in [0, 0.1) is 10.1 Å². The molecule has 122 valence electrons. The highest BCUT2D eigenvalue weighted by Crippen LogP contribution is 2.32. The Bertz CT molecular complexity index is 728. The smallest absolute Gasteiger partial charge is 0.304 e. The Morgan fingerprint density at radius 1 is 1.39 bits per heavy atom. The molecule has 0 aliphatic rings. The molecule has 0 aliphatic heterocycles. The van der Waals surface area contributed by atoms with Crippen LogP contribution in [0.25, 0.3) is 11.3 Å². The summed E-state index contributed by atoms with van der Waals surface area (Å²) in [6.07, 6.45) is 0.0538. The van der Waals surface area contributed by atoms with Crippen molar-refractivity contribution < 1.29 is 19.2 Å². The SMILES string of the molecule is CN(CCC(=O)O)Cc1ccc(-c2ccc([N+](=O)[O-])cc2Cl)o1. The Morgan fingerprint density at radius 2 is 2.13 bits per heavy atom. The Balaban J connectivity index is 2.10. The molecule has 0 saturated carbocycles. The summed E-state index contributed by atoms with van der Waals surface area (Å²) >= 11 is 6.07. The summed E-state index contributed by atoms with van der Waals surface area (Å²) < 4.78 is 5.68. The molecule has 1 aromatic heterocycles. The first-order chi connectivity index (χ1) is 10.9. The molecule has 0 bridgehead atoms. The fourth-order valence-electron chi connectivity index (χ4n) is 2.06. The van der Waals surface area contributed by atoms with Crippen LogP contribution < -0.4 is 0 Å². The van der Waals surface area contributed by atoms with Crippen molar-refractivity contribution in [1.29, 1.82) is 0 Å². The third-order valence-electron chi connectivity index (χ3n) is 3.22. The number of nitro groups is 1. The van der Waals surface area contributed by atoms with E-state index in [1.54, 1.807) is 19.2 Å². The van der Waals surface area contributed by atoms with Crippen molar-refractivity contribution in [3.05, 3.63) is 51.2 Å². The van der Waals surface area contributed by atoms with Gasteiger partial charge in [-0.2, -0.15) is 0 Å². The molecule has 0 radical (unpaired) electrons. The number of carboxylic acid groups (broad SMARTS) is 1. The van der Waals surface area contributed by atoms with Crippen LogP contribution in [-0.4, -0.2) is 34.5 Å². The van der Waals surface area contributed by atoms with Crippen LogP contribution >= 0.6 is 11.6 Å². The quantitative estimate of drug-likeness (QED) is 0.613. The van der Waals surface area contributed by atoms with Crippen molar-refractivity contribution in [2.75, 3.05) is 13.6 Å². The molecule has 2 rings (SSSR count). The van der Waals surface area contributed by atoms with Crippen molar-refractivity contribution >= 4 is 23.3 Å². The number of rotatable bonds is 7. The van der Waals surface area contributed by atoms with Crippen molar-refractivity contribution in [2.45, 2.75) is 13.0 Å². The van der Waals surface area contributed by atoms with Crippen LogP contribution in [0.3, 0.4) is 0 Å². The molecule has 0 amide bonds. The predicted octanol–water partition coefficient (Wildman–Crippen LogP) is 3.41. The van der Waals surface area contributed by atoms with Gasteiger partial charge in [-0.25, -0.2) is 0 Å². The average Bonchev–Trinajstić information content (AvgIpc) is 2.93. The first-order valence-electron chi connectivity index (χ1n) is 6.80. The van der Waals surface area contributed by atoms with E-state index in [2.05, 4.69) is 0 Å². The van der Waals surface area contributed by atoms with Crippen molar-refractivity contribution in [3.63, 3.8) is 0 Å². The van der Waals surface area contributed by atoms with E-state index < -0.39 is 10.9 Å². The van der Waals surface area contributed by atoms with E-state index in [1.807, 2.05) is 4.90 Å². The summed E-state index contributed by atoms with van der Waals surface area (Å²) in [7, 11) is 1.80. The summed E-state index contributed by atoms with van der Waals surface area (Å²) in [6.45, 7) is 0.863. The highest BCUT2D eigenvalue weighted by Gasteiger charge is 2.14. The lowest BCUT2D eigenvalue weighted by atomic mass is 10.1. The van der Waals surface area contributed by atoms with Crippen LogP contribution in [0.1, 0.15) is 12.2 Å². The zero-order valence-electron chi connectivity index (χ0n) is 12.4. The first-order valence-corrected chi connectivity index (χ1v) is 7.18. The lowest BCUT2D eigenvalue weighted by Gasteiger charge is -2.13. The van der Waals surface area contributed by atoms with Gasteiger partial charge in [0.1, 0.15) is 11.5 Å². The summed E-state index contributed by atoms with van der Waals surface area (Å²) in [5, 5.41) is 19.6. The van der Waals surface area contributed by atoms with Gasteiger partial charge in [0.05, 0.1) is 22.9 Å². The molecule has 0 unspecified atom stereocenters. The number of carbonyl (C=O) groups is 1. The fraction of sp³-hybridized carbons (Fsp3) is 0.267. The third-order valence-corrected chi connectivity index (χ3v) is 3.54. The van der Waals surface area contributed by atoms with Crippen molar-refractivity contribution in [1.82, 2.24) is 4.90 Å². The summed E-state index contributed by atoms with van der Waals surface area (Å²) in [5.74, 6) is 0.309. The molecular formula is C15H15ClN2O5. The van der Waals surface area contributed by atoms with Crippen LogP contribution in [0.4, 0.5) is 5.69 Å². The van der Waals surface area contributed by atoms with Gasteiger partial charge in [0.25, 0.3) is 5.69 Å².